The maximum absolute atomic E-state index is 6.71. The fourth-order valence-corrected chi connectivity index (χ4v) is 4.98. The second-order valence-corrected chi connectivity index (χ2v) is 10.3. The van der Waals surface area contributed by atoms with E-state index in [0.717, 1.165) is 29.7 Å². The molecule has 5 nitrogen and oxygen atoms in total. The molecule has 3 rings (SSSR count). The molecule has 6 heteroatoms. The molecule has 0 aromatic heterocycles. The molecule has 0 amide bonds. The van der Waals surface area contributed by atoms with Crippen LogP contribution in [0.25, 0.3) is 0 Å². The molecule has 0 saturated carbocycles. The molecule has 0 saturated heterocycles. The standard InChI is InChI=1S/C33H43IO5/c34-20-12-1-2-13-21-35-22-23-36-24-25-37-26-27-38-28-29-39-33(30-14-6-3-7-15-30,31-16-8-4-9-17-31)32-18-10-5-11-19-32/h3-11,14-19H,1-2,12-13,20-29H2. The Morgan fingerprint density at radius 1 is 0.410 bits per heavy atom. The Hall–Kier alpha value is -1.81. The molecule has 0 fully saturated rings. The summed E-state index contributed by atoms with van der Waals surface area (Å²) in [6.07, 6.45) is 4.99. The van der Waals surface area contributed by atoms with Crippen molar-refractivity contribution < 1.29 is 23.7 Å². The van der Waals surface area contributed by atoms with Crippen LogP contribution in [0.15, 0.2) is 91.0 Å². The van der Waals surface area contributed by atoms with E-state index in [0.29, 0.717) is 52.9 Å². The molecule has 0 spiro atoms. The van der Waals surface area contributed by atoms with Crippen molar-refractivity contribution in [3.05, 3.63) is 108 Å². The highest BCUT2D eigenvalue weighted by Gasteiger charge is 2.37. The molecule has 0 radical (unpaired) electrons. The summed E-state index contributed by atoms with van der Waals surface area (Å²) >= 11 is 2.43. The van der Waals surface area contributed by atoms with Gasteiger partial charge >= 0.3 is 0 Å². The van der Waals surface area contributed by atoms with Gasteiger partial charge < -0.3 is 23.7 Å². The molecule has 39 heavy (non-hydrogen) atoms. The quantitative estimate of drug-likeness (QED) is 0.0507. The minimum atomic E-state index is -0.723. The van der Waals surface area contributed by atoms with Gasteiger partial charge in [0.05, 0.1) is 52.9 Å². The van der Waals surface area contributed by atoms with E-state index in [4.69, 9.17) is 23.7 Å². The summed E-state index contributed by atoms with van der Waals surface area (Å²) < 4.78 is 30.6. The fraction of sp³-hybridized carbons (Fsp3) is 0.455. The third-order valence-corrected chi connectivity index (χ3v) is 7.14. The molecular formula is C33H43IO5. The van der Waals surface area contributed by atoms with Gasteiger partial charge in [-0.05, 0) is 34.0 Å². The lowest BCUT2D eigenvalue weighted by atomic mass is 9.80. The Morgan fingerprint density at radius 3 is 1.18 bits per heavy atom. The minimum absolute atomic E-state index is 0.445. The maximum atomic E-state index is 6.71. The average molecular weight is 647 g/mol. The third-order valence-electron chi connectivity index (χ3n) is 6.38. The number of hydrogen-bond acceptors (Lipinski definition) is 5. The lowest BCUT2D eigenvalue weighted by Gasteiger charge is -2.36. The molecule has 0 bridgehead atoms. The summed E-state index contributed by atoms with van der Waals surface area (Å²) in [7, 11) is 0. The van der Waals surface area contributed by atoms with Crippen LogP contribution < -0.4 is 0 Å². The monoisotopic (exact) mass is 646 g/mol. The van der Waals surface area contributed by atoms with Gasteiger partial charge in [-0.2, -0.15) is 0 Å². The van der Waals surface area contributed by atoms with Crippen molar-refractivity contribution in [2.45, 2.75) is 31.3 Å². The van der Waals surface area contributed by atoms with Crippen LogP contribution in [0.4, 0.5) is 0 Å². The van der Waals surface area contributed by atoms with E-state index in [1.165, 1.54) is 23.7 Å². The van der Waals surface area contributed by atoms with Gasteiger partial charge in [-0.1, -0.05) is 126 Å². The van der Waals surface area contributed by atoms with Crippen molar-refractivity contribution in [2.75, 3.05) is 63.9 Å². The summed E-state index contributed by atoms with van der Waals surface area (Å²) in [5.41, 5.74) is 2.54. The summed E-state index contributed by atoms with van der Waals surface area (Å²) in [5, 5.41) is 0. The normalized spacial score (nSPS) is 11.6. The van der Waals surface area contributed by atoms with Crippen molar-refractivity contribution in [1.29, 1.82) is 0 Å². The Labute approximate surface area is 248 Å². The Kier molecular flexibility index (Phi) is 16.4. The van der Waals surface area contributed by atoms with Crippen LogP contribution >= 0.6 is 22.6 Å². The van der Waals surface area contributed by atoms with E-state index in [2.05, 4.69) is 95.4 Å². The van der Waals surface area contributed by atoms with Crippen LogP contribution in [-0.2, 0) is 29.3 Å². The molecule has 0 heterocycles. The van der Waals surface area contributed by atoms with Gasteiger partial charge in [0.25, 0.3) is 0 Å². The molecule has 0 aliphatic heterocycles. The van der Waals surface area contributed by atoms with Crippen molar-refractivity contribution in [3.8, 4) is 0 Å². The Bertz CT molecular complexity index is 874. The SMILES string of the molecule is ICCCCCCOCCOCCOCCOCCOC(c1ccccc1)(c1ccccc1)c1ccccc1. The first-order valence-electron chi connectivity index (χ1n) is 14.1. The van der Waals surface area contributed by atoms with E-state index >= 15 is 0 Å². The summed E-state index contributed by atoms with van der Waals surface area (Å²) in [4.78, 5) is 0. The molecule has 0 aliphatic rings. The molecule has 3 aromatic carbocycles. The average Bonchev–Trinajstić information content (AvgIpc) is 3.00. The lowest BCUT2D eigenvalue weighted by molar-refractivity contribution is -0.0384. The Balaban J connectivity index is 1.34. The topological polar surface area (TPSA) is 46.2 Å². The number of hydrogen-bond donors (Lipinski definition) is 0. The van der Waals surface area contributed by atoms with E-state index in [1.54, 1.807) is 0 Å². The van der Waals surface area contributed by atoms with Crippen LogP contribution in [0.3, 0.4) is 0 Å². The van der Waals surface area contributed by atoms with Gasteiger partial charge in [-0.3, -0.25) is 0 Å². The zero-order valence-electron chi connectivity index (χ0n) is 23.0. The van der Waals surface area contributed by atoms with Gasteiger partial charge in [-0.15, -0.1) is 0 Å². The molecule has 212 valence electrons. The highest BCUT2D eigenvalue weighted by Crippen LogP contribution is 2.40. The van der Waals surface area contributed by atoms with Gasteiger partial charge in [0.15, 0.2) is 0 Å². The smallest absolute Gasteiger partial charge is 0.143 e. The molecule has 0 atom stereocenters. The predicted octanol–water partition coefficient (Wildman–Crippen LogP) is 7.06. The number of unbranched alkanes of at least 4 members (excludes halogenated alkanes) is 3. The van der Waals surface area contributed by atoms with Crippen LogP contribution in [0.1, 0.15) is 42.4 Å². The Morgan fingerprint density at radius 2 is 0.769 bits per heavy atom. The number of benzene rings is 3. The molecule has 0 aliphatic carbocycles. The minimum Gasteiger partial charge on any atom is -0.379 e. The van der Waals surface area contributed by atoms with Crippen molar-refractivity contribution in [2.24, 2.45) is 0 Å². The van der Waals surface area contributed by atoms with Gasteiger partial charge in [0, 0.05) is 6.61 Å². The highest BCUT2D eigenvalue weighted by molar-refractivity contribution is 14.1. The van der Waals surface area contributed by atoms with Crippen molar-refractivity contribution in [1.82, 2.24) is 0 Å². The zero-order chi connectivity index (χ0) is 27.3. The molecule has 3 aromatic rings. The largest absolute Gasteiger partial charge is 0.379 e. The first-order chi connectivity index (χ1) is 19.4. The first-order valence-corrected chi connectivity index (χ1v) is 15.6. The summed E-state index contributed by atoms with van der Waals surface area (Å²) in [6.45, 7) is 5.15. The number of ether oxygens (including phenoxy) is 5. The second-order valence-electron chi connectivity index (χ2n) is 9.18. The molecule has 0 unspecified atom stereocenters. The summed E-state index contributed by atoms with van der Waals surface area (Å²) in [5.74, 6) is 0. The maximum Gasteiger partial charge on any atom is 0.143 e. The van der Waals surface area contributed by atoms with Gasteiger partial charge in [0.2, 0.25) is 0 Å². The van der Waals surface area contributed by atoms with Crippen LogP contribution in [0.5, 0.6) is 0 Å². The van der Waals surface area contributed by atoms with E-state index in [-0.39, 0.29) is 0 Å². The third kappa shape index (κ3) is 11.3. The molecular weight excluding hydrogens is 603 g/mol. The summed E-state index contributed by atoms with van der Waals surface area (Å²) in [6, 6.07) is 31.2. The molecule has 0 N–H and O–H groups in total. The van der Waals surface area contributed by atoms with Crippen molar-refractivity contribution in [3.63, 3.8) is 0 Å². The second kappa shape index (κ2) is 20.1. The lowest BCUT2D eigenvalue weighted by Crippen LogP contribution is -2.34. The van der Waals surface area contributed by atoms with E-state index in [9.17, 15) is 0 Å². The number of rotatable bonds is 22. The van der Waals surface area contributed by atoms with Gasteiger partial charge in [0.1, 0.15) is 5.60 Å². The zero-order valence-corrected chi connectivity index (χ0v) is 25.1. The number of halogens is 1. The highest BCUT2D eigenvalue weighted by atomic mass is 127. The predicted molar refractivity (Wildman–Crippen MR) is 166 cm³/mol. The van der Waals surface area contributed by atoms with E-state index < -0.39 is 5.60 Å². The van der Waals surface area contributed by atoms with Crippen molar-refractivity contribution >= 4 is 22.6 Å². The van der Waals surface area contributed by atoms with E-state index in [1.807, 2.05) is 18.2 Å². The fourth-order valence-electron chi connectivity index (χ4n) is 4.44. The van der Waals surface area contributed by atoms with Gasteiger partial charge in [-0.25, -0.2) is 0 Å². The first kappa shape index (κ1) is 31.7. The van der Waals surface area contributed by atoms with Crippen LogP contribution in [0, 0.1) is 0 Å². The van der Waals surface area contributed by atoms with Crippen LogP contribution in [0.2, 0.25) is 0 Å². The number of alkyl halides is 1. The van der Waals surface area contributed by atoms with Crippen LogP contribution in [-0.4, -0.2) is 63.9 Å².